The van der Waals surface area contributed by atoms with Crippen LogP contribution in [-0.4, -0.2) is 48.3 Å². The second kappa shape index (κ2) is 8.03. The van der Waals surface area contributed by atoms with Crippen LogP contribution in [-0.2, 0) is 6.54 Å². The molecule has 1 N–H and O–H groups in total. The number of carbonyl (C=O) groups excluding carboxylic acids is 1. The van der Waals surface area contributed by atoms with Gasteiger partial charge < -0.3 is 19.4 Å². The molecule has 27 heavy (non-hydrogen) atoms. The van der Waals surface area contributed by atoms with Gasteiger partial charge in [0.2, 0.25) is 0 Å². The average molecular weight is 365 g/mol. The van der Waals surface area contributed by atoms with Crippen molar-refractivity contribution in [1.82, 2.24) is 34.5 Å². The minimum Gasteiger partial charge on any atom is -0.335 e. The number of rotatable bonds is 5. The Balaban J connectivity index is 1.39. The molecule has 1 atom stereocenters. The molecular formula is C19H23N7O. The van der Waals surface area contributed by atoms with Crippen LogP contribution in [0.3, 0.4) is 0 Å². The van der Waals surface area contributed by atoms with Gasteiger partial charge in [-0.2, -0.15) is 0 Å². The summed E-state index contributed by atoms with van der Waals surface area (Å²) in [5.74, 6) is 0. The number of amides is 2. The normalized spacial score (nSPS) is 16.2. The van der Waals surface area contributed by atoms with Crippen LogP contribution >= 0.6 is 0 Å². The van der Waals surface area contributed by atoms with Crippen LogP contribution in [0, 0.1) is 0 Å². The zero-order valence-electron chi connectivity index (χ0n) is 15.1. The summed E-state index contributed by atoms with van der Waals surface area (Å²) in [4.78, 5) is 18.9. The van der Waals surface area contributed by atoms with Crippen LogP contribution in [0.4, 0.5) is 4.79 Å². The smallest absolute Gasteiger partial charge is 0.317 e. The maximum Gasteiger partial charge on any atom is 0.317 e. The Morgan fingerprint density at radius 1 is 1.11 bits per heavy atom. The summed E-state index contributed by atoms with van der Waals surface area (Å²) >= 11 is 0. The highest BCUT2D eigenvalue weighted by Gasteiger charge is 2.25. The topological polar surface area (TPSA) is 80.9 Å². The van der Waals surface area contributed by atoms with Gasteiger partial charge in [0.1, 0.15) is 12.7 Å². The number of nitrogens with one attached hydrogen (secondary N) is 1. The standard InChI is InChI=1S/C19H23N7O/c27-19(25-9-6-17(7-10-25)26-14-21-22-15-26)23-18(12-24-11-8-20-13-24)16-4-2-1-3-5-16/h1-5,8,11,13-15,17-18H,6-7,9-10,12H2,(H,23,27). The van der Waals surface area contributed by atoms with Crippen molar-refractivity contribution < 1.29 is 4.79 Å². The Bertz CT molecular complexity index is 824. The van der Waals surface area contributed by atoms with Gasteiger partial charge >= 0.3 is 6.03 Å². The average Bonchev–Trinajstić information content (AvgIpc) is 3.42. The number of nitrogens with zero attached hydrogens (tertiary/aromatic N) is 6. The summed E-state index contributed by atoms with van der Waals surface area (Å²) < 4.78 is 4.01. The number of benzene rings is 1. The molecule has 0 saturated carbocycles. The van der Waals surface area contributed by atoms with E-state index in [1.54, 1.807) is 25.2 Å². The van der Waals surface area contributed by atoms with Gasteiger partial charge in [-0.15, -0.1) is 10.2 Å². The molecule has 1 fully saturated rings. The second-order valence-corrected chi connectivity index (χ2v) is 6.80. The van der Waals surface area contributed by atoms with Crippen molar-refractivity contribution in [3.63, 3.8) is 0 Å². The molecule has 0 radical (unpaired) electrons. The Hall–Kier alpha value is -3.16. The first-order valence-corrected chi connectivity index (χ1v) is 9.20. The molecule has 1 aromatic carbocycles. The molecule has 2 aromatic heterocycles. The van der Waals surface area contributed by atoms with E-state index in [1.165, 1.54) is 0 Å². The summed E-state index contributed by atoms with van der Waals surface area (Å²) in [6, 6.07) is 10.3. The van der Waals surface area contributed by atoms with Crippen molar-refractivity contribution in [3.05, 3.63) is 67.3 Å². The molecule has 3 heterocycles. The molecule has 140 valence electrons. The molecule has 8 heteroatoms. The van der Waals surface area contributed by atoms with E-state index in [1.807, 2.05) is 50.6 Å². The van der Waals surface area contributed by atoms with Gasteiger partial charge in [-0.25, -0.2) is 9.78 Å². The van der Waals surface area contributed by atoms with E-state index in [9.17, 15) is 4.79 Å². The van der Waals surface area contributed by atoms with E-state index >= 15 is 0 Å². The number of hydrogen-bond acceptors (Lipinski definition) is 4. The minimum absolute atomic E-state index is 0.0221. The fraction of sp³-hybridized carbons (Fsp3) is 0.368. The zero-order valence-corrected chi connectivity index (χ0v) is 15.1. The quantitative estimate of drug-likeness (QED) is 0.752. The lowest BCUT2D eigenvalue weighted by atomic mass is 10.0. The fourth-order valence-electron chi connectivity index (χ4n) is 3.53. The van der Waals surface area contributed by atoms with Crippen LogP contribution < -0.4 is 5.32 Å². The Morgan fingerprint density at radius 3 is 2.52 bits per heavy atom. The van der Waals surface area contributed by atoms with Gasteiger partial charge in [-0.1, -0.05) is 30.3 Å². The number of urea groups is 1. The first-order chi connectivity index (χ1) is 13.3. The molecule has 4 rings (SSSR count). The molecule has 1 unspecified atom stereocenters. The fourth-order valence-corrected chi connectivity index (χ4v) is 3.53. The summed E-state index contributed by atoms with van der Waals surface area (Å²) in [7, 11) is 0. The summed E-state index contributed by atoms with van der Waals surface area (Å²) in [6.07, 6.45) is 10.7. The molecule has 0 aliphatic carbocycles. The predicted molar refractivity (Wildman–Crippen MR) is 99.8 cm³/mol. The number of piperidine rings is 1. The second-order valence-electron chi connectivity index (χ2n) is 6.80. The highest BCUT2D eigenvalue weighted by Crippen LogP contribution is 2.22. The van der Waals surface area contributed by atoms with E-state index in [2.05, 4.69) is 20.5 Å². The number of carbonyl (C=O) groups is 1. The Kier molecular flexibility index (Phi) is 5.13. The van der Waals surface area contributed by atoms with Crippen molar-refractivity contribution in [2.75, 3.05) is 13.1 Å². The largest absolute Gasteiger partial charge is 0.335 e. The summed E-state index contributed by atoms with van der Waals surface area (Å²) in [5, 5.41) is 10.9. The maximum absolute atomic E-state index is 12.9. The number of likely N-dealkylation sites (tertiary alicyclic amines) is 1. The lowest BCUT2D eigenvalue weighted by Crippen LogP contribution is -2.46. The van der Waals surface area contributed by atoms with E-state index in [-0.39, 0.29) is 12.1 Å². The SMILES string of the molecule is O=C(NC(Cn1ccnc1)c1ccccc1)N1CCC(n2cnnc2)CC1. The van der Waals surface area contributed by atoms with Gasteiger partial charge in [-0.3, -0.25) is 0 Å². The third-order valence-corrected chi connectivity index (χ3v) is 5.06. The molecule has 8 nitrogen and oxygen atoms in total. The molecule has 1 aliphatic rings. The van der Waals surface area contributed by atoms with Crippen molar-refractivity contribution in [2.45, 2.75) is 31.5 Å². The van der Waals surface area contributed by atoms with Crippen molar-refractivity contribution in [3.8, 4) is 0 Å². The van der Waals surface area contributed by atoms with Crippen molar-refractivity contribution in [1.29, 1.82) is 0 Å². The highest BCUT2D eigenvalue weighted by atomic mass is 16.2. The van der Waals surface area contributed by atoms with Crippen LogP contribution in [0.25, 0.3) is 0 Å². The highest BCUT2D eigenvalue weighted by molar-refractivity contribution is 5.74. The third kappa shape index (κ3) is 4.16. The summed E-state index contributed by atoms with van der Waals surface area (Å²) in [5.41, 5.74) is 1.08. The van der Waals surface area contributed by atoms with Gasteiger partial charge in [0.15, 0.2) is 0 Å². The van der Waals surface area contributed by atoms with E-state index in [4.69, 9.17) is 0 Å². The molecular weight excluding hydrogens is 342 g/mol. The van der Waals surface area contributed by atoms with Gasteiger partial charge in [0.25, 0.3) is 0 Å². The lowest BCUT2D eigenvalue weighted by molar-refractivity contribution is 0.167. The minimum atomic E-state index is -0.108. The number of hydrogen-bond donors (Lipinski definition) is 1. The number of aromatic nitrogens is 5. The van der Waals surface area contributed by atoms with Gasteiger partial charge in [0.05, 0.1) is 12.4 Å². The molecule has 2 amide bonds. The molecule has 1 aliphatic heterocycles. The first-order valence-electron chi connectivity index (χ1n) is 9.20. The Labute approximate surface area is 157 Å². The van der Waals surface area contributed by atoms with Crippen LogP contribution in [0.15, 0.2) is 61.7 Å². The molecule has 3 aromatic rings. The monoisotopic (exact) mass is 365 g/mol. The molecule has 0 spiro atoms. The lowest BCUT2D eigenvalue weighted by Gasteiger charge is -2.33. The van der Waals surface area contributed by atoms with Gasteiger partial charge in [-0.05, 0) is 18.4 Å². The first kappa shape index (κ1) is 17.3. The van der Waals surface area contributed by atoms with Crippen LogP contribution in [0.2, 0.25) is 0 Å². The summed E-state index contributed by atoms with van der Waals surface area (Å²) in [6.45, 7) is 2.09. The number of imidazole rings is 1. The zero-order chi connectivity index (χ0) is 18.5. The third-order valence-electron chi connectivity index (χ3n) is 5.06. The van der Waals surface area contributed by atoms with Crippen LogP contribution in [0.1, 0.15) is 30.5 Å². The van der Waals surface area contributed by atoms with Crippen molar-refractivity contribution >= 4 is 6.03 Å². The van der Waals surface area contributed by atoms with Gasteiger partial charge in [0, 0.05) is 38.1 Å². The van der Waals surface area contributed by atoms with Crippen molar-refractivity contribution in [2.24, 2.45) is 0 Å². The van der Waals surface area contributed by atoms with E-state index in [0.29, 0.717) is 12.6 Å². The molecule has 0 bridgehead atoms. The maximum atomic E-state index is 12.9. The predicted octanol–water partition coefficient (Wildman–Crippen LogP) is 2.26. The van der Waals surface area contributed by atoms with E-state index in [0.717, 1.165) is 31.5 Å². The molecule has 1 saturated heterocycles. The Morgan fingerprint density at radius 2 is 1.85 bits per heavy atom. The van der Waals surface area contributed by atoms with Crippen LogP contribution in [0.5, 0.6) is 0 Å². The van der Waals surface area contributed by atoms with E-state index < -0.39 is 0 Å².